The molecule has 0 aliphatic rings. The van der Waals surface area contributed by atoms with Gasteiger partial charge in [0.25, 0.3) is 0 Å². The van der Waals surface area contributed by atoms with Crippen LogP contribution in [0.4, 0.5) is 0 Å². The van der Waals surface area contributed by atoms with Crippen molar-refractivity contribution in [3.63, 3.8) is 0 Å². The molecule has 0 saturated carbocycles. The van der Waals surface area contributed by atoms with Gasteiger partial charge in [-0.3, -0.25) is 0 Å². The van der Waals surface area contributed by atoms with E-state index in [2.05, 4.69) is 50.2 Å². The minimum atomic E-state index is -0.0103. The third-order valence-electron chi connectivity index (χ3n) is 3.10. The maximum absolute atomic E-state index is 6.51. The van der Waals surface area contributed by atoms with Gasteiger partial charge in [0.15, 0.2) is 0 Å². The number of benzene rings is 1. The average molecular weight is 279 g/mol. The molecule has 1 unspecified atom stereocenters. The number of rotatable bonds is 5. The largest absolute Gasteiger partial charge is 0.144 e. The van der Waals surface area contributed by atoms with Crippen LogP contribution in [0.15, 0.2) is 36.4 Å². The second-order valence-electron chi connectivity index (χ2n) is 4.66. The SMILES string of the molecule is CCCCc1ccc(C(Cl)c2ccc(C)s2)cc1. The molecular formula is C16H19ClS. The van der Waals surface area contributed by atoms with Crippen molar-refractivity contribution < 1.29 is 0 Å². The molecule has 1 aromatic carbocycles. The highest BCUT2D eigenvalue weighted by Gasteiger charge is 2.12. The Balaban J connectivity index is 2.09. The molecule has 0 bridgehead atoms. The predicted octanol–water partition coefficient (Wildman–Crippen LogP) is 5.73. The van der Waals surface area contributed by atoms with Gasteiger partial charge >= 0.3 is 0 Å². The molecule has 2 aromatic rings. The zero-order valence-corrected chi connectivity index (χ0v) is 12.5. The van der Waals surface area contributed by atoms with E-state index in [-0.39, 0.29) is 5.38 Å². The lowest BCUT2D eigenvalue weighted by molar-refractivity contribution is 0.794. The Hall–Kier alpha value is -0.790. The summed E-state index contributed by atoms with van der Waals surface area (Å²) in [5.41, 5.74) is 2.60. The van der Waals surface area contributed by atoms with Crippen LogP contribution >= 0.6 is 22.9 Å². The minimum Gasteiger partial charge on any atom is -0.144 e. The van der Waals surface area contributed by atoms with Gasteiger partial charge in [-0.15, -0.1) is 22.9 Å². The van der Waals surface area contributed by atoms with Gasteiger partial charge in [0.1, 0.15) is 0 Å². The molecule has 0 aliphatic heterocycles. The van der Waals surface area contributed by atoms with E-state index in [9.17, 15) is 0 Å². The normalized spacial score (nSPS) is 12.6. The lowest BCUT2D eigenvalue weighted by atomic mass is 10.0. The van der Waals surface area contributed by atoms with Gasteiger partial charge < -0.3 is 0 Å². The van der Waals surface area contributed by atoms with Crippen molar-refractivity contribution in [2.24, 2.45) is 0 Å². The molecule has 0 radical (unpaired) electrons. The van der Waals surface area contributed by atoms with Crippen LogP contribution in [0.1, 0.15) is 46.0 Å². The fourth-order valence-electron chi connectivity index (χ4n) is 1.99. The summed E-state index contributed by atoms with van der Waals surface area (Å²) in [5, 5.41) is -0.0103. The number of halogens is 1. The monoisotopic (exact) mass is 278 g/mol. The van der Waals surface area contributed by atoms with Crippen LogP contribution in [0.25, 0.3) is 0 Å². The molecule has 0 N–H and O–H groups in total. The van der Waals surface area contributed by atoms with E-state index in [1.807, 2.05) is 0 Å². The van der Waals surface area contributed by atoms with E-state index >= 15 is 0 Å². The standard InChI is InChI=1S/C16H19ClS/c1-3-4-5-13-7-9-14(10-8-13)16(17)15-11-6-12(2)18-15/h6-11,16H,3-5H2,1-2H3. The van der Waals surface area contributed by atoms with Crippen molar-refractivity contribution in [3.05, 3.63) is 57.3 Å². The molecule has 0 amide bonds. The minimum absolute atomic E-state index is 0.0103. The van der Waals surface area contributed by atoms with Crippen molar-refractivity contribution in [1.29, 1.82) is 0 Å². The van der Waals surface area contributed by atoms with Crippen LogP contribution in [0.3, 0.4) is 0 Å². The third kappa shape index (κ3) is 3.37. The van der Waals surface area contributed by atoms with Gasteiger partial charge in [0, 0.05) is 9.75 Å². The van der Waals surface area contributed by atoms with Gasteiger partial charge in [0.05, 0.1) is 5.38 Å². The van der Waals surface area contributed by atoms with Crippen LogP contribution in [-0.4, -0.2) is 0 Å². The molecule has 0 spiro atoms. The number of alkyl halides is 1. The number of hydrogen-bond acceptors (Lipinski definition) is 1. The molecule has 0 aliphatic carbocycles. The quantitative estimate of drug-likeness (QED) is 0.613. The number of thiophene rings is 1. The van der Waals surface area contributed by atoms with Crippen LogP contribution in [0, 0.1) is 6.92 Å². The summed E-state index contributed by atoms with van der Waals surface area (Å²) in [6, 6.07) is 13.0. The Morgan fingerprint density at radius 3 is 2.39 bits per heavy atom. The summed E-state index contributed by atoms with van der Waals surface area (Å²) in [7, 11) is 0. The second-order valence-corrected chi connectivity index (χ2v) is 6.41. The highest BCUT2D eigenvalue weighted by atomic mass is 35.5. The number of hydrogen-bond donors (Lipinski definition) is 0. The van der Waals surface area contributed by atoms with E-state index < -0.39 is 0 Å². The zero-order chi connectivity index (χ0) is 13.0. The van der Waals surface area contributed by atoms with E-state index in [0.29, 0.717) is 0 Å². The Morgan fingerprint density at radius 2 is 1.83 bits per heavy atom. The van der Waals surface area contributed by atoms with Crippen LogP contribution in [-0.2, 0) is 6.42 Å². The van der Waals surface area contributed by atoms with Crippen LogP contribution in [0.5, 0.6) is 0 Å². The highest BCUT2D eigenvalue weighted by Crippen LogP contribution is 2.33. The van der Waals surface area contributed by atoms with Gasteiger partial charge in [-0.1, -0.05) is 37.6 Å². The maximum Gasteiger partial charge on any atom is 0.0927 e. The summed E-state index contributed by atoms with van der Waals surface area (Å²) in [5.74, 6) is 0. The van der Waals surface area contributed by atoms with E-state index in [4.69, 9.17) is 11.6 Å². The first kappa shape index (κ1) is 13.6. The van der Waals surface area contributed by atoms with E-state index in [1.165, 1.54) is 40.1 Å². The zero-order valence-electron chi connectivity index (χ0n) is 10.9. The summed E-state index contributed by atoms with van der Waals surface area (Å²) in [4.78, 5) is 2.55. The van der Waals surface area contributed by atoms with E-state index in [0.717, 1.165) is 0 Å². The summed E-state index contributed by atoms with van der Waals surface area (Å²) in [6.45, 7) is 4.34. The number of unbranched alkanes of at least 4 members (excludes halogenated alkanes) is 1. The van der Waals surface area contributed by atoms with Crippen molar-refractivity contribution in [1.82, 2.24) is 0 Å². The van der Waals surface area contributed by atoms with Crippen LogP contribution < -0.4 is 0 Å². The molecule has 18 heavy (non-hydrogen) atoms. The predicted molar refractivity (Wildman–Crippen MR) is 81.8 cm³/mol. The molecule has 0 saturated heterocycles. The van der Waals surface area contributed by atoms with Crippen molar-refractivity contribution in [3.8, 4) is 0 Å². The molecular weight excluding hydrogens is 260 g/mol. The third-order valence-corrected chi connectivity index (χ3v) is 4.78. The average Bonchev–Trinajstić information content (AvgIpc) is 2.83. The molecule has 1 atom stereocenters. The van der Waals surface area contributed by atoms with Crippen LogP contribution in [0.2, 0.25) is 0 Å². The summed E-state index contributed by atoms with van der Waals surface area (Å²) < 4.78 is 0. The molecule has 2 rings (SSSR count). The Kier molecular flexibility index (Phi) is 4.85. The fraction of sp³-hybridized carbons (Fsp3) is 0.375. The Labute approximate surface area is 119 Å². The van der Waals surface area contributed by atoms with Crippen molar-refractivity contribution in [2.45, 2.75) is 38.5 Å². The highest BCUT2D eigenvalue weighted by molar-refractivity contribution is 7.12. The summed E-state index contributed by atoms with van der Waals surface area (Å²) >= 11 is 8.29. The Bertz CT molecular complexity index is 484. The number of aryl methyl sites for hydroxylation is 2. The molecule has 1 heterocycles. The van der Waals surface area contributed by atoms with Gasteiger partial charge in [0.2, 0.25) is 0 Å². The molecule has 0 fully saturated rings. The fourth-order valence-corrected chi connectivity index (χ4v) is 3.22. The van der Waals surface area contributed by atoms with Crippen molar-refractivity contribution in [2.75, 3.05) is 0 Å². The lowest BCUT2D eigenvalue weighted by Gasteiger charge is -2.08. The second kappa shape index (κ2) is 6.40. The first-order valence-corrected chi connectivity index (χ1v) is 7.75. The molecule has 0 nitrogen and oxygen atoms in total. The summed E-state index contributed by atoms with van der Waals surface area (Å²) in [6.07, 6.45) is 3.67. The van der Waals surface area contributed by atoms with Gasteiger partial charge in [-0.2, -0.15) is 0 Å². The first-order chi connectivity index (χ1) is 8.70. The van der Waals surface area contributed by atoms with E-state index in [1.54, 1.807) is 11.3 Å². The Morgan fingerprint density at radius 1 is 1.11 bits per heavy atom. The molecule has 96 valence electrons. The maximum atomic E-state index is 6.51. The van der Waals surface area contributed by atoms with Crippen molar-refractivity contribution >= 4 is 22.9 Å². The van der Waals surface area contributed by atoms with Gasteiger partial charge in [-0.25, -0.2) is 0 Å². The molecule has 2 heteroatoms. The lowest BCUT2D eigenvalue weighted by Crippen LogP contribution is -1.91. The smallest absolute Gasteiger partial charge is 0.0927 e. The first-order valence-electron chi connectivity index (χ1n) is 6.50. The topological polar surface area (TPSA) is 0 Å². The van der Waals surface area contributed by atoms with Gasteiger partial charge in [-0.05, 0) is 43.0 Å². The molecule has 1 aromatic heterocycles.